The largest absolute Gasteiger partial charge is 0.383 e. The van der Waals surface area contributed by atoms with Crippen LogP contribution in [0.25, 0.3) is 0 Å². The number of benzene rings is 1. The lowest BCUT2D eigenvalue weighted by Gasteiger charge is -2.26. The fourth-order valence-corrected chi connectivity index (χ4v) is 2.34. The Hall–Kier alpha value is -0.900. The summed E-state index contributed by atoms with van der Waals surface area (Å²) in [6.45, 7) is 10.5. The van der Waals surface area contributed by atoms with Crippen LogP contribution in [0.5, 0.6) is 0 Å². The van der Waals surface area contributed by atoms with Gasteiger partial charge < -0.3 is 10.1 Å². The van der Waals surface area contributed by atoms with Gasteiger partial charge in [-0.1, -0.05) is 31.2 Å². The predicted octanol–water partition coefficient (Wildman–Crippen LogP) is 2.87. The third kappa shape index (κ3) is 5.61. The molecule has 0 aliphatic heterocycles. The van der Waals surface area contributed by atoms with Crippen LogP contribution in [0.2, 0.25) is 0 Å². The van der Waals surface area contributed by atoms with Crippen molar-refractivity contribution >= 4 is 0 Å². The van der Waals surface area contributed by atoms with Crippen molar-refractivity contribution in [2.24, 2.45) is 0 Å². The summed E-state index contributed by atoms with van der Waals surface area (Å²) in [5.74, 6) is 0.559. The maximum absolute atomic E-state index is 5.19. The molecule has 20 heavy (non-hydrogen) atoms. The van der Waals surface area contributed by atoms with Crippen molar-refractivity contribution in [3.8, 4) is 0 Å². The summed E-state index contributed by atoms with van der Waals surface area (Å²) in [5.41, 5.74) is 2.77. The number of methoxy groups -OCH3 is 1. The summed E-state index contributed by atoms with van der Waals surface area (Å²) >= 11 is 0. The number of rotatable bonds is 9. The molecule has 0 bridgehead atoms. The number of hydrogen-bond donors (Lipinski definition) is 1. The number of nitrogens with zero attached hydrogens (tertiary/aromatic N) is 1. The summed E-state index contributed by atoms with van der Waals surface area (Å²) in [6, 6.07) is 9.55. The van der Waals surface area contributed by atoms with Gasteiger partial charge in [0.1, 0.15) is 0 Å². The van der Waals surface area contributed by atoms with Crippen LogP contribution in [0, 0.1) is 0 Å². The van der Waals surface area contributed by atoms with Crippen LogP contribution in [-0.4, -0.2) is 44.8 Å². The van der Waals surface area contributed by atoms with Crippen molar-refractivity contribution in [2.45, 2.75) is 39.3 Å². The van der Waals surface area contributed by atoms with Gasteiger partial charge in [-0.25, -0.2) is 0 Å². The lowest BCUT2D eigenvalue weighted by Crippen LogP contribution is -2.33. The van der Waals surface area contributed by atoms with Crippen LogP contribution in [0.1, 0.15) is 37.8 Å². The molecule has 0 amide bonds. The zero-order chi connectivity index (χ0) is 15.0. The van der Waals surface area contributed by atoms with Gasteiger partial charge in [-0.2, -0.15) is 0 Å². The van der Waals surface area contributed by atoms with Gasteiger partial charge in [-0.3, -0.25) is 4.90 Å². The van der Waals surface area contributed by atoms with E-state index >= 15 is 0 Å². The van der Waals surface area contributed by atoms with Crippen molar-refractivity contribution in [1.29, 1.82) is 0 Å². The highest BCUT2D eigenvalue weighted by Crippen LogP contribution is 2.16. The Kier molecular flexibility index (Phi) is 7.82. The molecule has 0 aliphatic rings. The van der Waals surface area contributed by atoms with E-state index in [1.54, 1.807) is 7.11 Å². The predicted molar refractivity (Wildman–Crippen MR) is 86.2 cm³/mol. The van der Waals surface area contributed by atoms with Crippen molar-refractivity contribution in [3.05, 3.63) is 35.4 Å². The van der Waals surface area contributed by atoms with Crippen LogP contribution >= 0.6 is 0 Å². The van der Waals surface area contributed by atoms with Gasteiger partial charge >= 0.3 is 0 Å². The molecule has 3 nitrogen and oxygen atoms in total. The molecule has 0 spiro atoms. The first-order chi connectivity index (χ1) is 9.58. The Morgan fingerprint density at radius 1 is 1.15 bits per heavy atom. The zero-order valence-corrected chi connectivity index (χ0v) is 13.6. The third-order valence-corrected chi connectivity index (χ3v) is 3.76. The second kappa shape index (κ2) is 9.11. The monoisotopic (exact) mass is 278 g/mol. The molecule has 0 aliphatic carbocycles. The lowest BCUT2D eigenvalue weighted by molar-refractivity contribution is 0.125. The fraction of sp³-hybridized carbons (Fsp3) is 0.647. The minimum atomic E-state index is 0.535. The lowest BCUT2D eigenvalue weighted by atomic mass is 9.99. The third-order valence-electron chi connectivity index (χ3n) is 3.76. The van der Waals surface area contributed by atoms with Gasteiger partial charge in [0, 0.05) is 32.8 Å². The highest BCUT2D eigenvalue weighted by atomic mass is 16.5. The van der Waals surface area contributed by atoms with E-state index < -0.39 is 0 Å². The molecule has 1 N–H and O–H groups in total. The fourth-order valence-electron chi connectivity index (χ4n) is 2.34. The first-order valence-corrected chi connectivity index (χ1v) is 7.55. The number of ether oxygens (including phenoxy) is 1. The molecule has 1 rings (SSSR count). The van der Waals surface area contributed by atoms with Crippen LogP contribution in [-0.2, 0) is 11.3 Å². The first-order valence-electron chi connectivity index (χ1n) is 7.55. The number of nitrogens with one attached hydrogen (secondary N) is 1. The van der Waals surface area contributed by atoms with Crippen molar-refractivity contribution in [1.82, 2.24) is 10.2 Å². The van der Waals surface area contributed by atoms with E-state index in [1.165, 1.54) is 11.1 Å². The summed E-state index contributed by atoms with van der Waals surface area (Å²) < 4.78 is 5.19. The highest BCUT2D eigenvalue weighted by molar-refractivity contribution is 5.25. The molecule has 0 saturated heterocycles. The molecule has 3 heteroatoms. The molecule has 1 unspecified atom stereocenters. The zero-order valence-electron chi connectivity index (χ0n) is 13.6. The Labute approximate surface area is 124 Å². The molecule has 1 aromatic carbocycles. The Balaban J connectivity index is 2.62. The molecular weight excluding hydrogens is 248 g/mol. The minimum Gasteiger partial charge on any atom is -0.383 e. The topological polar surface area (TPSA) is 24.5 Å². The highest BCUT2D eigenvalue weighted by Gasteiger charge is 2.10. The Bertz CT molecular complexity index is 362. The van der Waals surface area contributed by atoms with Gasteiger partial charge in [0.05, 0.1) is 6.61 Å². The van der Waals surface area contributed by atoms with Crippen molar-refractivity contribution < 1.29 is 4.74 Å². The van der Waals surface area contributed by atoms with Crippen LogP contribution in [0.4, 0.5) is 0 Å². The van der Waals surface area contributed by atoms with E-state index in [4.69, 9.17) is 4.74 Å². The van der Waals surface area contributed by atoms with Crippen LogP contribution in [0.15, 0.2) is 24.3 Å². The maximum Gasteiger partial charge on any atom is 0.0589 e. The average Bonchev–Trinajstić information content (AvgIpc) is 2.44. The second-order valence-corrected chi connectivity index (χ2v) is 5.76. The summed E-state index contributed by atoms with van der Waals surface area (Å²) in [7, 11) is 3.76. The van der Waals surface area contributed by atoms with E-state index in [9.17, 15) is 0 Å². The number of hydrogen-bond acceptors (Lipinski definition) is 3. The van der Waals surface area contributed by atoms with Gasteiger partial charge in [0.25, 0.3) is 0 Å². The SMILES string of the molecule is CNCC(C)c1ccc(CN(CCOC)C(C)C)cc1. The average molecular weight is 278 g/mol. The molecule has 0 saturated carbocycles. The van der Waals surface area contributed by atoms with E-state index in [2.05, 4.69) is 55.3 Å². The van der Waals surface area contributed by atoms with Gasteiger partial charge in [0.15, 0.2) is 0 Å². The summed E-state index contributed by atoms with van der Waals surface area (Å²) in [4.78, 5) is 2.44. The van der Waals surface area contributed by atoms with Gasteiger partial charge in [-0.05, 0) is 37.9 Å². The molecule has 114 valence electrons. The van der Waals surface area contributed by atoms with E-state index in [0.29, 0.717) is 12.0 Å². The molecule has 0 heterocycles. The first kappa shape index (κ1) is 17.2. The molecule has 0 fully saturated rings. The van der Waals surface area contributed by atoms with Crippen molar-refractivity contribution in [3.63, 3.8) is 0 Å². The van der Waals surface area contributed by atoms with E-state index in [-0.39, 0.29) is 0 Å². The molecule has 0 aromatic heterocycles. The standard InChI is InChI=1S/C17H30N2O/c1-14(2)19(10-11-20-5)13-16-6-8-17(9-7-16)15(3)12-18-4/h6-9,14-15,18H,10-13H2,1-5H3. The Morgan fingerprint density at radius 3 is 2.30 bits per heavy atom. The summed E-state index contributed by atoms with van der Waals surface area (Å²) in [5, 5.41) is 3.23. The normalized spacial score (nSPS) is 13.2. The van der Waals surface area contributed by atoms with E-state index in [0.717, 1.165) is 26.2 Å². The molecular formula is C17H30N2O. The van der Waals surface area contributed by atoms with Gasteiger partial charge in [-0.15, -0.1) is 0 Å². The maximum atomic E-state index is 5.19. The smallest absolute Gasteiger partial charge is 0.0589 e. The van der Waals surface area contributed by atoms with E-state index in [1.807, 2.05) is 7.05 Å². The quantitative estimate of drug-likeness (QED) is 0.752. The van der Waals surface area contributed by atoms with Crippen molar-refractivity contribution in [2.75, 3.05) is 33.9 Å². The minimum absolute atomic E-state index is 0.535. The van der Waals surface area contributed by atoms with Gasteiger partial charge in [0.2, 0.25) is 0 Å². The van der Waals surface area contributed by atoms with Crippen LogP contribution in [0.3, 0.4) is 0 Å². The molecule has 1 atom stereocenters. The molecule has 0 radical (unpaired) electrons. The van der Waals surface area contributed by atoms with Crippen LogP contribution < -0.4 is 5.32 Å². The second-order valence-electron chi connectivity index (χ2n) is 5.76. The summed E-state index contributed by atoms with van der Waals surface area (Å²) in [6.07, 6.45) is 0. The molecule has 1 aromatic rings. The number of likely N-dealkylation sites (N-methyl/N-ethyl adjacent to an activating group) is 1. The Morgan fingerprint density at radius 2 is 1.80 bits per heavy atom.